The predicted octanol–water partition coefficient (Wildman–Crippen LogP) is 4.14. The molecule has 1 amide bonds. The van der Waals surface area contributed by atoms with Gasteiger partial charge in [-0.15, -0.1) is 11.8 Å². The molecule has 28 heavy (non-hydrogen) atoms. The van der Waals surface area contributed by atoms with Gasteiger partial charge in [0.1, 0.15) is 5.75 Å². The number of hydrogen-bond donors (Lipinski definition) is 1. The molecule has 0 saturated heterocycles. The maximum atomic E-state index is 12.3. The second-order valence-electron chi connectivity index (χ2n) is 6.49. The van der Waals surface area contributed by atoms with E-state index in [2.05, 4.69) is 5.32 Å². The Morgan fingerprint density at radius 1 is 1.07 bits per heavy atom. The number of carbonyl (C=O) groups excluding carboxylic acids is 1. The van der Waals surface area contributed by atoms with Crippen LogP contribution in [0.4, 0.5) is 0 Å². The van der Waals surface area contributed by atoms with Gasteiger partial charge < -0.3 is 19.5 Å². The Hall–Kier alpha value is -2.34. The van der Waals surface area contributed by atoms with E-state index in [1.54, 1.807) is 26.0 Å². The number of thioether (sulfide) groups is 1. The molecule has 0 bridgehead atoms. The van der Waals surface area contributed by atoms with Gasteiger partial charge in [0.15, 0.2) is 11.5 Å². The van der Waals surface area contributed by atoms with Crippen LogP contribution in [0.1, 0.15) is 23.6 Å². The fourth-order valence-electron chi connectivity index (χ4n) is 2.79. The summed E-state index contributed by atoms with van der Waals surface area (Å²) >= 11 is 1.58. The monoisotopic (exact) mass is 403 g/mol. The second-order valence-corrected chi connectivity index (χ2v) is 7.94. The Morgan fingerprint density at radius 2 is 1.75 bits per heavy atom. The lowest BCUT2D eigenvalue weighted by Crippen LogP contribution is -2.31. The van der Waals surface area contributed by atoms with Gasteiger partial charge in [0.05, 0.1) is 26.1 Å². The number of aryl methyl sites for hydroxylation is 2. The number of methoxy groups -OCH3 is 2. The Balaban J connectivity index is 1.75. The molecule has 2 aromatic rings. The molecule has 0 aromatic heterocycles. The Kier molecular flexibility index (Phi) is 8.51. The first-order valence-electron chi connectivity index (χ1n) is 9.25. The number of benzene rings is 2. The lowest BCUT2D eigenvalue weighted by molar-refractivity contribution is -0.120. The average molecular weight is 404 g/mol. The first-order chi connectivity index (χ1) is 13.5. The number of amides is 1. The highest BCUT2D eigenvalue weighted by molar-refractivity contribution is 8.00. The number of hydrogen-bond acceptors (Lipinski definition) is 5. The maximum Gasteiger partial charge on any atom is 0.233 e. The van der Waals surface area contributed by atoms with Crippen molar-refractivity contribution in [3.05, 3.63) is 53.1 Å². The van der Waals surface area contributed by atoms with Crippen LogP contribution >= 0.6 is 11.8 Å². The summed E-state index contributed by atoms with van der Waals surface area (Å²) in [4.78, 5) is 12.3. The van der Waals surface area contributed by atoms with Crippen molar-refractivity contribution in [2.45, 2.75) is 32.6 Å². The van der Waals surface area contributed by atoms with E-state index in [-0.39, 0.29) is 11.2 Å². The molecule has 2 aromatic carbocycles. The van der Waals surface area contributed by atoms with Crippen molar-refractivity contribution in [1.29, 1.82) is 0 Å². The highest BCUT2D eigenvalue weighted by Gasteiger charge is 2.14. The van der Waals surface area contributed by atoms with Gasteiger partial charge in [-0.3, -0.25) is 4.79 Å². The maximum absolute atomic E-state index is 12.3. The molecular weight excluding hydrogens is 374 g/mol. The smallest absolute Gasteiger partial charge is 0.233 e. The van der Waals surface area contributed by atoms with Crippen LogP contribution in [0, 0.1) is 13.8 Å². The van der Waals surface area contributed by atoms with Crippen molar-refractivity contribution >= 4 is 17.7 Å². The molecule has 0 aliphatic rings. The summed E-state index contributed by atoms with van der Waals surface area (Å²) in [5, 5.41) is 2.82. The summed E-state index contributed by atoms with van der Waals surface area (Å²) in [6.07, 6.45) is 0. The topological polar surface area (TPSA) is 56.8 Å². The van der Waals surface area contributed by atoms with Crippen LogP contribution < -0.4 is 19.5 Å². The average Bonchev–Trinajstić information content (AvgIpc) is 2.70. The van der Waals surface area contributed by atoms with Gasteiger partial charge >= 0.3 is 0 Å². The van der Waals surface area contributed by atoms with Gasteiger partial charge in [0.2, 0.25) is 5.91 Å². The third-order valence-electron chi connectivity index (χ3n) is 4.39. The number of carbonyl (C=O) groups is 1. The summed E-state index contributed by atoms with van der Waals surface area (Å²) < 4.78 is 16.4. The molecule has 1 N–H and O–H groups in total. The molecule has 1 atom stereocenters. The molecule has 0 aliphatic carbocycles. The standard InChI is InChI=1S/C22H29NO4S/c1-15-7-6-8-16(2)21(15)27-11-12-28-17(3)22(24)23-14-18-9-10-19(25-4)20(13-18)26-5/h6-10,13,17H,11-12,14H2,1-5H3,(H,23,24). The van der Waals surface area contributed by atoms with Crippen LogP contribution in [0.3, 0.4) is 0 Å². The van der Waals surface area contributed by atoms with Crippen LogP contribution in [0.5, 0.6) is 17.2 Å². The molecule has 0 spiro atoms. The number of para-hydroxylation sites is 1. The van der Waals surface area contributed by atoms with E-state index in [4.69, 9.17) is 14.2 Å². The number of ether oxygens (including phenoxy) is 3. The number of nitrogens with one attached hydrogen (secondary N) is 1. The minimum absolute atomic E-state index is 0.00635. The molecule has 0 saturated carbocycles. The molecule has 6 heteroatoms. The second kappa shape index (κ2) is 10.9. The quantitative estimate of drug-likeness (QED) is 0.604. The highest BCUT2D eigenvalue weighted by Crippen LogP contribution is 2.27. The summed E-state index contributed by atoms with van der Waals surface area (Å²) in [5.74, 6) is 3.02. The summed E-state index contributed by atoms with van der Waals surface area (Å²) in [6.45, 7) is 7.01. The van der Waals surface area contributed by atoms with Gasteiger partial charge in [-0.2, -0.15) is 0 Å². The van der Waals surface area contributed by atoms with Crippen LogP contribution in [0.15, 0.2) is 36.4 Å². The fraction of sp³-hybridized carbons (Fsp3) is 0.409. The molecule has 1 unspecified atom stereocenters. The minimum Gasteiger partial charge on any atom is -0.493 e. The predicted molar refractivity (Wildman–Crippen MR) is 115 cm³/mol. The van der Waals surface area contributed by atoms with Gasteiger partial charge in [-0.05, 0) is 49.6 Å². The van der Waals surface area contributed by atoms with Crippen LogP contribution in [0.25, 0.3) is 0 Å². The molecule has 152 valence electrons. The normalized spacial score (nSPS) is 11.6. The third kappa shape index (κ3) is 6.09. The van der Waals surface area contributed by atoms with E-state index in [1.807, 2.05) is 57.2 Å². The van der Waals surface area contributed by atoms with E-state index >= 15 is 0 Å². The number of rotatable bonds is 10. The fourth-order valence-corrected chi connectivity index (χ4v) is 3.56. The molecule has 0 aliphatic heterocycles. The lowest BCUT2D eigenvalue weighted by Gasteiger charge is -2.15. The van der Waals surface area contributed by atoms with E-state index in [1.165, 1.54) is 0 Å². The Bertz CT molecular complexity index is 774. The van der Waals surface area contributed by atoms with E-state index < -0.39 is 0 Å². The zero-order chi connectivity index (χ0) is 20.5. The van der Waals surface area contributed by atoms with Crippen molar-refractivity contribution in [2.75, 3.05) is 26.6 Å². The van der Waals surface area contributed by atoms with Crippen LogP contribution in [-0.4, -0.2) is 37.7 Å². The molecule has 0 heterocycles. The largest absolute Gasteiger partial charge is 0.493 e. The first-order valence-corrected chi connectivity index (χ1v) is 10.3. The molecular formula is C22H29NO4S. The van der Waals surface area contributed by atoms with Crippen molar-refractivity contribution in [1.82, 2.24) is 5.32 Å². The molecule has 2 rings (SSSR count). The Labute approximate surface area is 171 Å². The van der Waals surface area contributed by atoms with E-state index in [0.29, 0.717) is 24.7 Å². The molecule has 5 nitrogen and oxygen atoms in total. The SMILES string of the molecule is COc1ccc(CNC(=O)C(C)SCCOc2c(C)cccc2C)cc1OC. The minimum atomic E-state index is -0.151. The summed E-state index contributed by atoms with van der Waals surface area (Å²) in [5.41, 5.74) is 3.22. The van der Waals surface area contributed by atoms with Gasteiger partial charge in [0, 0.05) is 12.3 Å². The van der Waals surface area contributed by atoms with Gasteiger partial charge in [0.25, 0.3) is 0 Å². The van der Waals surface area contributed by atoms with Crippen molar-refractivity contribution < 1.29 is 19.0 Å². The van der Waals surface area contributed by atoms with Crippen LogP contribution in [-0.2, 0) is 11.3 Å². The summed E-state index contributed by atoms with van der Waals surface area (Å²) in [7, 11) is 3.20. The lowest BCUT2D eigenvalue weighted by atomic mass is 10.1. The highest BCUT2D eigenvalue weighted by atomic mass is 32.2. The van der Waals surface area contributed by atoms with Crippen molar-refractivity contribution in [3.8, 4) is 17.2 Å². The van der Waals surface area contributed by atoms with Crippen LogP contribution in [0.2, 0.25) is 0 Å². The van der Waals surface area contributed by atoms with Gasteiger partial charge in [-0.1, -0.05) is 24.3 Å². The zero-order valence-electron chi connectivity index (χ0n) is 17.2. The third-order valence-corrected chi connectivity index (χ3v) is 5.51. The van der Waals surface area contributed by atoms with E-state index in [9.17, 15) is 4.79 Å². The molecule has 0 radical (unpaired) electrons. The zero-order valence-corrected chi connectivity index (χ0v) is 18.0. The first kappa shape index (κ1) is 22.0. The Morgan fingerprint density at radius 3 is 2.39 bits per heavy atom. The summed E-state index contributed by atoms with van der Waals surface area (Å²) in [6, 6.07) is 11.7. The van der Waals surface area contributed by atoms with Crippen molar-refractivity contribution in [3.63, 3.8) is 0 Å². The van der Waals surface area contributed by atoms with Crippen molar-refractivity contribution in [2.24, 2.45) is 0 Å². The molecule has 0 fully saturated rings. The van der Waals surface area contributed by atoms with Gasteiger partial charge in [-0.25, -0.2) is 0 Å². The van der Waals surface area contributed by atoms with E-state index in [0.717, 1.165) is 28.2 Å².